The summed E-state index contributed by atoms with van der Waals surface area (Å²) in [6.07, 6.45) is 1.70. The van der Waals surface area contributed by atoms with Crippen LogP contribution in [-0.4, -0.2) is 42.7 Å². The second-order valence-corrected chi connectivity index (χ2v) is 17.2. The van der Waals surface area contributed by atoms with Crippen LogP contribution in [0.1, 0.15) is 89.0 Å². The predicted octanol–water partition coefficient (Wildman–Crippen LogP) is 6.92. The summed E-state index contributed by atoms with van der Waals surface area (Å²) in [7, 11) is -2.00. The molecule has 0 amide bonds. The van der Waals surface area contributed by atoms with Crippen LogP contribution in [0.4, 0.5) is 0 Å². The van der Waals surface area contributed by atoms with Crippen LogP contribution in [0.25, 0.3) is 0 Å². The predicted molar refractivity (Wildman–Crippen MR) is 127 cm³/mol. The van der Waals surface area contributed by atoms with Crippen LogP contribution in [0, 0.1) is 11.3 Å². The highest BCUT2D eigenvalue weighted by Gasteiger charge is 2.57. The molecular weight excluding hydrogens is 432 g/mol. The summed E-state index contributed by atoms with van der Waals surface area (Å²) in [4.78, 5) is 0.422. The summed E-state index contributed by atoms with van der Waals surface area (Å²) in [6, 6.07) is 0. The van der Waals surface area contributed by atoms with E-state index in [1.54, 1.807) is 0 Å². The van der Waals surface area contributed by atoms with Gasteiger partial charge >= 0.3 is 0 Å². The number of ether oxygens (including phenoxy) is 1. The Morgan fingerprint density at radius 2 is 1.46 bits per heavy atom. The lowest BCUT2D eigenvalue weighted by molar-refractivity contribution is -0.106. The maximum Gasteiger partial charge on any atom is 0.200 e. The van der Waals surface area contributed by atoms with Gasteiger partial charge in [-0.15, -0.1) is 0 Å². The first-order valence-corrected chi connectivity index (χ1v) is 14.4. The van der Waals surface area contributed by atoms with Crippen LogP contribution in [-0.2, 0) is 9.16 Å². The number of hydrogen-bond acceptors (Lipinski definition) is 3. The van der Waals surface area contributed by atoms with E-state index in [4.69, 9.17) is 9.16 Å². The maximum absolute atomic E-state index is 9.98. The summed E-state index contributed by atoms with van der Waals surface area (Å²) in [6.45, 7) is 24.8. The van der Waals surface area contributed by atoms with Crippen molar-refractivity contribution in [3.05, 3.63) is 0 Å². The number of alkyl halides is 1. The molecule has 0 aromatic carbocycles. The lowest BCUT2D eigenvalue weighted by atomic mass is 9.84. The van der Waals surface area contributed by atoms with E-state index < -0.39 is 14.4 Å². The van der Waals surface area contributed by atoms with Crippen LogP contribution >= 0.6 is 15.9 Å². The van der Waals surface area contributed by atoms with E-state index in [0.717, 1.165) is 12.8 Å². The zero-order valence-corrected chi connectivity index (χ0v) is 22.8. The minimum absolute atomic E-state index is 0.0913. The molecule has 0 spiro atoms. The average Bonchev–Trinajstić information content (AvgIpc) is 2.81. The van der Waals surface area contributed by atoms with E-state index in [9.17, 15) is 5.11 Å². The Labute approximate surface area is 184 Å². The molecule has 2 unspecified atom stereocenters. The summed E-state index contributed by atoms with van der Waals surface area (Å²) in [5, 5.41) is 9.98. The minimum atomic E-state index is -2.00. The lowest BCUT2D eigenvalue weighted by Gasteiger charge is -2.48. The third kappa shape index (κ3) is 5.24. The highest BCUT2D eigenvalue weighted by atomic mass is 79.9. The molecule has 1 fully saturated rings. The van der Waals surface area contributed by atoms with Gasteiger partial charge in [0.2, 0.25) is 8.32 Å². The molecule has 3 nitrogen and oxygen atoms in total. The van der Waals surface area contributed by atoms with Crippen LogP contribution in [0.15, 0.2) is 0 Å². The summed E-state index contributed by atoms with van der Waals surface area (Å²) in [5.41, 5.74) is 1.61. The van der Waals surface area contributed by atoms with Crippen molar-refractivity contribution < 1.29 is 14.3 Å². The molecule has 0 aromatic rings. The first-order chi connectivity index (χ1) is 12.7. The molecule has 1 aliphatic rings. The largest absolute Gasteiger partial charge is 0.412 e. The van der Waals surface area contributed by atoms with Gasteiger partial charge in [-0.3, -0.25) is 0 Å². The standard InChI is InChI=1S/C23H47BrO3Si/c1-12-20(24)19-13-21(26-18(9)17(8)25)23(10,11)22(19)27-28(14(2)3,15(4)5)16(6)7/h14-22,25H,12-13H2,1-11H3/t17?,18?,19-,20-,21-,22-/m1/s1. The summed E-state index contributed by atoms with van der Waals surface area (Å²) in [5.74, 6) is 0.425. The Morgan fingerprint density at radius 3 is 1.82 bits per heavy atom. The van der Waals surface area contributed by atoms with Crippen molar-refractivity contribution >= 4 is 24.2 Å². The molecule has 0 aliphatic heterocycles. The van der Waals surface area contributed by atoms with Crippen LogP contribution in [0.2, 0.25) is 16.6 Å². The van der Waals surface area contributed by atoms with Gasteiger partial charge in [-0.25, -0.2) is 0 Å². The van der Waals surface area contributed by atoms with Gasteiger partial charge in [0, 0.05) is 10.2 Å². The molecular formula is C23H47BrO3Si. The molecule has 0 heterocycles. The van der Waals surface area contributed by atoms with E-state index in [-0.39, 0.29) is 23.7 Å². The maximum atomic E-state index is 9.98. The highest BCUT2D eigenvalue weighted by Crippen LogP contribution is 2.53. The van der Waals surface area contributed by atoms with Gasteiger partial charge in [0.25, 0.3) is 0 Å². The fourth-order valence-corrected chi connectivity index (χ4v) is 11.7. The third-order valence-electron chi connectivity index (χ3n) is 7.39. The normalized spacial score (nSPS) is 28.9. The first-order valence-electron chi connectivity index (χ1n) is 11.4. The molecule has 0 radical (unpaired) electrons. The molecule has 1 saturated carbocycles. The molecule has 1 rings (SSSR count). The van der Waals surface area contributed by atoms with Crippen molar-refractivity contribution in [1.82, 2.24) is 0 Å². The zero-order valence-electron chi connectivity index (χ0n) is 20.3. The number of aliphatic hydroxyl groups excluding tert-OH is 1. The van der Waals surface area contributed by atoms with E-state index in [1.165, 1.54) is 0 Å². The van der Waals surface area contributed by atoms with E-state index >= 15 is 0 Å². The highest BCUT2D eigenvalue weighted by molar-refractivity contribution is 9.09. The second kappa shape index (κ2) is 10.3. The molecule has 6 atom stereocenters. The Hall–Kier alpha value is 0.577. The average molecular weight is 480 g/mol. The van der Waals surface area contributed by atoms with Crippen LogP contribution in [0.5, 0.6) is 0 Å². The Morgan fingerprint density at radius 1 is 1.00 bits per heavy atom. The Kier molecular flexibility index (Phi) is 9.75. The van der Waals surface area contributed by atoms with Crippen LogP contribution in [0.3, 0.4) is 0 Å². The Bertz CT molecular complexity index is 457. The van der Waals surface area contributed by atoms with Crippen molar-refractivity contribution in [2.45, 2.75) is 135 Å². The van der Waals surface area contributed by atoms with Gasteiger partial charge in [-0.2, -0.15) is 0 Å². The number of rotatable bonds is 10. The van der Waals surface area contributed by atoms with E-state index in [0.29, 0.717) is 27.4 Å². The van der Waals surface area contributed by atoms with Crippen molar-refractivity contribution in [3.8, 4) is 0 Å². The zero-order chi connectivity index (χ0) is 22.0. The first kappa shape index (κ1) is 26.6. The lowest BCUT2D eigenvalue weighted by Crippen LogP contribution is -2.54. The van der Waals surface area contributed by atoms with E-state index in [1.807, 2.05) is 13.8 Å². The summed E-state index contributed by atoms with van der Waals surface area (Å²) >= 11 is 3.97. The van der Waals surface area contributed by atoms with Crippen molar-refractivity contribution in [1.29, 1.82) is 0 Å². The summed E-state index contributed by atoms with van der Waals surface area (Å²) < 4.78 is 13.8. The molecule has 0 aromatic heterocycles. The third-order valence-corrected chi connectivity index (χ3v) is 14.8. The second-order valence-electron chi connectivity index (χ2n) is 10.6. The smallest absolute Gasteiger partial charge is 0.200 e. The number of aliphatic hydroxyl groups is 1. The van der Waals surface area contributed by atoms with Crippen molar-refractivity contribution in [2.24, 2.45) is 11.3 Å². The van der Waals surface area contributed by atoms with Crippen molar-refractivity contribution in [3.63, 3.8) is 0 Å². The fraction of sp³-hybridized carbons (Fsp3) is 1.00. The molecule has 0 bridgehead atoms. The molecule has 1 N–H and O–H groups in total. The van der Waals surface area contributed by atoms with Gasteiger partial charge in [0.15, 0.2) is 0 Å². The van der Waals surface area contributed by atoms with E-state index in [2.05, 4.69) is 78.2 Å². The molecule has 168 valence electrons. The minimum Gasteiger partial charge on any atom is -0.412 e. The van der Waals surface area contributed by atoms with Gasteiger partial charge in [-0.1, -0.05) is 78.2 Å². The van der Waals surface area contributed by atoms with Gasteiger partial charge < -0.3 is 14.3 Å². The van der Waals surface area contributed by atoms with Crippen molar-refractivity contribution in [2.75, 3.05) is 0 Å². The molecule has 1 aliphatic carbocycles. The molecule has 0 saturated heterocycles. The number of halogens is 1. The molecule has 5 heteroatoms. The van der Waals surface area contributed by atoms with Gasteiger partial charge in [0.1, 0.15) is 0 Å². The fourth-order valence-electron chi connectivity index (χ4n) is 5.52. The monoisotopic (exact) mass is 478 g/mol. The number of hydrogen-bond donors (Lipinski definition) is 1. The SMILES string of the molecule is CC[C@@H](Br)[C@H]1C[C@@H](OC(C)C(C)O)C(C)(C)[C@@H]1O[Si](C(C)C)(C(C)C)C(C)C. The Balaban J connectivity index is 3.33. The molecule has 28 heavy (non-hydrogen) atoms. The topological polar surface area (TPSA) is 38.7 Å². The quantitative estimate of drug-likeness (QED) is 0.273. The van der Waals surface area contributed by atoms with Crippen LogP contribution < -0.4 is 0 Å². The van der Waals surface area contributed by atoms with Gasteiger partial charge in [0.05, 0.1) is 24.4 Å². The van der Waals surface area contributed by atoms with Gasteiger partial charge in [-0.05, 0) is 49.2 Å².